The zero-order valence-electron chi connectivity index (χ0n) is 11.3. The minimum Gasteiger partial charge on any atom is -0.392 e. The minimum absolute atomic E-state index is 0.0607. The molecule has 1 saturated carbocycles. The first-order valence-corrected chi connectivity index (χ1v) is 7.42. The van der Waals surface area contributed by atoms with Crippen molar-refractivity contribution in [1.29, 1.82) is 0 Å². The summed E-state index contributed by atoms with van der Waals surface area (Å²) in [7, 11) is 0. The Morgan fingerprint density at radius 1 is 1.11 bits per heavy atom. The quantitative estimate of drug-likeness (QED) is 0.854. The van der Waals surface area contributed by atoms with E-state index >= 15 is 0 Å². The molecule has 0 bridgehead atoms. The van der Waals surface area contributed by atoms with Gasteiger partial charge in [-0.2, -0.15) is 13.2 Å². The van der Waals surface area contributed by atoms with Gasteiger partial charge in [-0.3, -0.25) is 0 Å². The molecule has 1 saturated heterocycles. The number of likely N-dealkylation sites (tertiary alicyclic amines) is 1. The summed E-state index contributed by atoms with van der Waals surface area (Å²) < 4.78 is 38.1. The first-order valence-electron chi connectivity index (χ1n) is 7.42. The summed E-state index contributed by atoms with van der Waals surface area (Å²) in [6.07, 6.45) is 1.83. The maximum absolute atomic E-state index is 12.7. The molecule has 112 valence electrons. The van der Waals surface area contributed by atoms with Crippen molar-refractivity contribution in [3.05, 3.63) is 0 Å². The standard InChI is InChI=1S/C14H24F3NO/c15-14(16,17)12-6-3-7-18(9-12)10-13(19)8-11-4-1-2-5-11/h11-13,19H,1-10H2. The molecule has 5 heteroatoms. The van der Waals surface area contributed by atoms with Crippen molar-refractivity contribution in [3.8, 4) is 0 Å². The van der Waals surface area contributed by atoms with Gasteiger partial charge < -0.3 is 10.0 Å². The predicted molar refractivity (Wildman–Crippen MR) is 67.8 cm³/mol. The van der Waals surface area contributed by atoms with Crippen LogP contribution in [0.4, 0.5) is 13.2 Å². The first-order chi connectivity index (χ1) is 8.95. The number of aliphatic hydroxyl groups is 1. The molecule has 2 fully saturated rings. The van der Waals surface area contributed by atoms with Gasteiger partial charge in [0.2, 0.25) is 0 Å². The average molecular weight is 279 g/mol. The van der Waals surface area contributed by atoms with Gasteiger partial charge in [0.1, 0.15) is 0 Å². The Balaban J connectivity index is 1.75. The van der Waals surface area contributed by atoms with Crippen LogP contribution in [0.15, 0.2) is 0 Å². The minimum atomic E-state index is -4.09. The highest BCUT2D eigenvalue weighted by molar-refractivity contribution is 4.80. The highest BCUT2D eigenvalue weighted by Gasteiger charge is 2.41. The molecule has 0 radical (unpaired) electrons. The van der Waals surface area contributed by atoms with Crippen molar-refractivity contribution in [2.45, 2.75) is 57.2 Å². The molecular weight excluding hydrogens is 255 g/mol. The molecule has 0 amide bonds. The number of rotatable bonds is 4. The molecular formula is C14H24F3NO. The zero-order chi connectivity index (χ0) is 13.9. The summed E-state index contributed by atoms with van der Waals surface area (Å²) in [5.74, 6) is -0.627. The second-order valence-corrected chi connectivity index (χ2v) is 6.18. The van der Waals surface area contributed by atoms with Crippen molar-refractivity contribution >= 4 is 0 Å². The molecule has 0 spiro atoms. The van der Waals surface area contributed by atoms with E-state index in [0.29, 0.717) is 25.4 Å². The van der Waals surface area contributed by atoms with Crippen LogP contribution in [0.1, 0.15) is 44.9 Å². The van der Waals surface area contributed by atoms with Crippen LogP contribution in [-0.2, 0) is 0 Å². The molecule has 19 heavy (non-hydrogen) atoms. The molecule has 2 unspecified atom stereocenters. The largest absolute Gasteiger partial charge is 0.393 e. The third-order valence-electron chi connectivity index (χ3n) is 4.52. The Morgan fingerprint density at radius 2 is 1.79 bits per heavy atom. The molecule has 1 N–H and O–H groups in total. The highest BCUT2D eigenvalue weighted by atomic mass is 19.4. The molecule has 2 rings (SSSR count). The Morgan fingerprint density at radius 3 is 2.42 bits per heavy atom. The van der Waals surface area contributed by atoms with Crippen molar-refractivity contribution in [1.82, 2.24) is 4.90 Å². The van der Waals surface area contributed by atoms with Gasteiger partial charge in [-0.25, -0.2) is 0 Å². The van der Waals surface area contributed by atoms with Crippen LogP contribution >= 0.6 is 0 Å². The lowest BCUT2D eigenvalue weighted by Gasteiger charge is -2.35. The van der Waals surface area contributed by atoms with E-state index < -0.39 is 18.2 Å². The van der Waals surface area contributed by atoms with Crippen LogP contribution in [0.25, 0.3) is 0 Å². The van der Waals surface area contributed by atoms with Crippen LogP contribution in [-0.4, -0.2) is 41.9 Å². The maximum atomic E-state index is 12.7. The Kier molecular flexibility index (Phi) is 5.12. The summed E-state index contributed by atoms with van der Waals surface area (Å²) >= 11 is 0. The van der Waals surface area contributed by atoms with Gasteiger partial charge in [-0.05, 0) is 31.7 Å². The van der Waals surface area contributed by atoms with Crippen molar-refractivity contribution in [3.63, 3.8) is 0 Å². The number of β-amino-alcohol motifs (C(OH)–C–C–N with tert-alkyl or cyclic N) is 1. The predicted octanol–water partition coefficient (Wildman–Crippen LogP) is 3.20. The summed E-state index contributed by atoms with van der Waals surface area (Å²) in [6, 6.07) is 0. The van der Waals surface area contributed by atoms with E-state index in [1.807, 2.05) is 0 Å². The number of piperidine rings is 1. The van der Waals surface area contributed by atoms with Crippen LogP contribution in [0, 0.1) is 11.8 Å². The van der Waals surface area contributed by atoms with E-state index in [-0.39, 0.29) is 13.0 Å². The van der Waals surface area contributed by atoms with E-state index in [0.717, 1.165) is 6.42 Å². The second kappa shape index (κ2) is 6.44. The number of alkyl halides is 3. The summed E-state index contributed by atoms with van der Waals surface area (Å²) in [5, 5.41) is 10.0. The van der Waals surface area contributed by atoms with Gasteiger partial charge >= 0.3 is 6.18 Å². The van der Waals surface area contributed by atoms with Crippen LogP contribution in [0.2, 0.25) is 0 Å². The number of halogens is 3. The average Bonchev–Trinajstić information content (AvgIpc) is 2.80. The lowest BCUT2D eigenvalue weighted by molar-refractivity contribution is -0.187. The normalized spacial score (nSPS) is 28.7. The lowest BCUT2D eigenvalue weighted by atomic mass is 9.95. The van der Waals surface area contributed by atoms with E-state index in [1.54, 1.807) is 4.90 Å². The van der Waals surface area contributed by atoms with Gasteiger partial charge in [0.05, 0.1) is 12.0 Å². The van der Waals surface area contributed by atoms with Crippen LogP contribution in [0.5, 0.6) is 0 Å². The van der Waals surface area contributed by atoms with E-state index in [9.17, 15) is 18.3 Å². The van der Waals surface area contributed by atoms with E-state index in [1.165, 1.54) is 25.7 Å². The van der Waals surface area contributed by atoms with Crippen LogP contribution < -0.4 is 0 Å². The van der Waals surface area contributed by atoms with E-state index in [4.69, 9.17) is 0 Å². The fourth-order valence-electron chi connectivity index (χ4n) is 3.49. The number of hydrogen-bond acceptors (Lipinski definition) is 2. The number of nitrogens with zero attached hydrogens (tertiary/aromatic N) is 1. The number of hydrogen-bond donors (Lipinski definition) is 1. The Bertz CT molecular complexity index is 276. The molecule has 1 aliphatic carbocycles. The summed E-state index contributed by atoms with van der Waals surface area (Å²) in [6.45, 7) is 1.16. The molecule has 2 nitrogen and oxygen atoms in total. The molecule has 0 aromatic carbocycles. The maximum Gasteiger partial charge on any atom is 0.393 e. The van der Waals surface area contributed by atoms with E-state index in [2.05, 4.69) is 0 Å². The van der Waals surface area contributed by atoms with Gasteiger partial charge in [-0.15, -0.1) is 0 Å². The summed E-state index contributed by atoms with van der Waals surface area (Å²) in [4.78, 5) is 1.79. The highest BCUT2D eigenvalue weighted by Crippen LogP contribution is 2.33. The fraction of sp³-hybridized carbons (Fsp3) is 1.00. The summed E-state index contributed by atoms with van der Waals surface area (Å²) in [5.41, 5.74) is 0. The third kappa shape index (κ3) is 4.63. The topological polar surface area (TPSA) is 23.5 Å². The van der Waals surface area contributed by atoms with Crippen molar-refractivity contribution in [2.24, 2.45) is 11.8 Å². The third-order valence-corrected chi connectivity index (χ3v) is 4.52. The van der Waals surface area contributed by atoms with Gasteiger partial charge in [0.15, 0.2) is 0 Å². The molecule has 1 heterocycles. The van der Waals surface area contributed by atoms with Gasteiger partial charge in [0.25, 0.3) is 0 Å². The van der Waals surface area contributed by atoms with Gasteiger partial charge in [-0.1, -0.05) is 25.7 Å². The van der Waals surface area contributed by atoms with Crippen LogP contribution in [0.3, 0.4) is 0 Å². The molecule has 0 aromatic rings. The Hall–Kier alpha value is -0.290. The first kappa shape index (κ1) is 15.1. The van der Waals surface area contributed by atoms with Gasteiger partial charge in [0, 0.05) is 13.1 Å². The van der Waals surface area contributed by atoms with Crippen molar-refractivity contribution < 1.29 is 18.3 Å². The molecule has 2 aliphatic rings. The lowest BCUT2D eigenvalue weighted by Crippen LogP contribution is -2.44. The Labute approximate surface area is 113 Å². The fourth-order valence-corrected chi connectivity index (χ4v) is 3.49. The molecule has 2 atom stereocenters. The second-order valence-electron chi connectivity index (χ2n) is 6.18. The molecule has 0 aromatic heterocycles. The smallest absolute Gasteiger partial charge is 0.392 e. The number of aliphatic hydroxyl groups excluding tert-OH is 1. The molecule has 1 aliphatic heterocycles. The SMILES string of the molecule is OC(CC1CCCC1)CN1CCCC(C(F)(F)F)C1. The monoisotopic (exact) mass is 279 g/mol. The van der Waals surface area contributed by atoms with Crippen molar-refractivity contribution in [2.75, 3.05) is 19.6 Å². The zero-order valence-corrected chi connectivity index (χ0v) is 11.3.